The molecule has 0 spiro atoms. The number of aromatic nitrogens is 2. The molecule has 27 heavy (non-hydrogen) atoms. The van der Waals surface area contributed by atoms with Gasteiger partial charge in [0.1, 0.15) is 5.82 Å². The molecule has 1 fully saturated rings. The number of nitrogens with zero attached hydrogens (tertiary/aromatic N) is 3. The molecular weight excluding hydrogens is 343 g/mol. The molecule has 1 aliphatic heterocycles. The van der Waals surface area contributed by atoms with Crippen molar-refractivity contribution in [1.82, 2.24) is 20.0 Å². The summed E-state index contributed by atoms with van der Waals surface area (Å²) in [7, 11) is 4.08. The average molecular weight is 366 g/mol. The first-order valence-corrected chi connectivity index (χ1v) is 9.10. The molecular formula is C21H23FN4O. The number of likely N-dealkylation sites (N-methyl/N-ethyl adjacent to an activating group) is 1. The second-order valence-corrected chi connectivity index (χ2v) is 7.52. The zero-order valence-corrected chi connectivity index (χ0v) is 15.7. The molecule has 0 bridgehead atoms. The van der Waals surface area contributed by atoms with Crippen LogP contribution in [-0.2, 0) is 0 Å². The van der Waals surface area contributed by atoms with E-state index in [1.807, 2.05) is 19.0 Å². The van der Waals surface area contributed by atoms with E-state index in [1.165, 1.54) is 23.3 Å². The number of halogens is 1. The van der Waals surface area contributed by atoms with Gasteiger partial charge in [-0.1, -0.05) is 29.8 Å². The smallest absolute Gasteiger partial charge is 0.275 e. The summed E-state index contributed by atoms with van der Waals surface area (Å²) in [5.41, 5.74) is 3.40. The summed E-state index contributed by atoms with van der Waals surface area (Å²) < 4.78 is 13.6. The molecule has 2 atom stereocenters. The number of likely N-dealkylation sites (tertiary alicyclic amines) is 1. The third-order valence-electron chi connectivity index (χ3n) is 5.47. The van der Waals surface area contributed by atoms with Gasteiger partial charge in [-0.15, -0.1) is 0 Å². The number of benzene rings is 2. The van der Waals surface area contributed by atoms with Crippen LogP contribution < -0.4 is 0 Å². The molecule has 4 rings (SSSR count). The Kier molecular flexibility index (Phi) is 4.44. The van der Waals surface area contributed by atoms with Crippen molar-refractivity contribution in [2.75, 3.05) is 27.2 Å². The first-order valence-electron chi connectivity index (χ1n) is 9.10. The summed E-state index contributed by atoms with van der Waals surface area (Å²) in [5.74, 6) is -0.303. The highest BCUT2D eigenvalue weighted by Gasteiger charge is 2.38. The Morgan fingerprint density at radius 2 is 1.93 bits per heavy atom. The summed E-state index contributed by atoms with van der Waals surface area (Å²) in [5, 5.41) is 7.52. The van der Waals surface area contributed by atoms with E-state index in [4.69, 9.17) is 0 Å². The monoisotopic (exact) mass is 366 g/mol. The quantitative estimate of drug-likeness (QED) is 0.775. The maximum absolute atomic E-state index is 13.6. The minimum Gasteiger partial charge on any atom is -0.335 e. The maximum Gasteiger partial charge on any atom is 0.275 e. The van der Waals surface area contributed by atoms with Gasteiger partial charge in [-0.2, -0.15) is 5.10 Å². The zero-order valence-electron chi connectivity index (χ0n) is 15.7. The number of hydrogen-bond donors (Lipinski definition) is 1. The van der Waals surface area contributed by atoms with E-state index < -0.39 is 0 Å². The van der Waals surface area contributed by atoms with Gasteiger partial charge in [-0.3, -0.25) is 9.89 Å². The van der Waals surface area contributed by atoms with E-state index >= 15 is 0 Å². The Balaban J connectivity index is 1.64. The fraction of sp³-hybridized carbons (Fsp3) is 0.333. The fourth-order valence-electron chi connectivity index (χ4n) is 3.92. The molecule has 2 unspecified atom stereocenters. The molecule has 0 saturated carbocycles. The van der Waals surface area contributed by atoms with Crippen molar-refractivity contribution >= 4 is 16.8 Å². The number of carbonyl (C=O) groups is 1. The predicted molar refractivity (Wildman–Crippen MR) is 103 cm³/mol. The Labute approximate surface area is 157 Å². The first kappa shape index (κ1) is 17.7. The van der Waals surface area contributed by atoms with Crippen molar-refractivity contribution in [2.24, 2.45) is 0 Å². The largest absolute Gasteiger partial charge is 0.335 e. The third-order valence-corrected chi connectivity index (χ3v) is 5.47. The van der Waals surface area contributed by atoms with Crippen molar-refractivity contribution in [1.29, 1.82) is 0 Å². The van der Waals surface area contributed by atoms with Gasteiger partial charge in [0.15, 0.2) is 5.69 Å². The molecule has 0 aliphatic carbocycles. The van der Waals surface area contributed by atoms with Crippen LogP contribution in [-0.4, -0.2) is 59.1 Å². The number of H-pyrrole nitrogens is 1. The molecule has 1 aromatic heterocycles. The van der Waals surface area contributed by atoms with Crippen LogP contribution in [0, 0.1) is 12.7 Å². The van der Waals surface area contributed by atoms with Gasteiger partial charge in [0.25, 0.3) is 5.91 Å². The second-order valence-electron chi connectivity index (χ2n) is 7.52. The molecule has 2 heterocycles. The lowest BCUT2D eigenvalue weighted by atomic mass is 9.93. The second kappa shape index (κ2) is 6.78. The average Bonchev–Trinajstić information content (AvgIpc) is 3.26. The molecule has 5 nitrogen and oxygen atoms in total. The van der Waals surface area contributed by atoms with Gasteiger partial charge < -0.3 is 9.80 Å². The number of fused-ring (bicyclic) bond motifs is 1. The molecule has 1 N–H and O–H groups in total. The zero-order chi connectivity index (χ0) is 19.1. The molecule has 1 aliphatic rings. The maximum atomic E-state index is 13.6. The topological polar surface area (TPSA) is 52.2 Å². The number of nitrogens with one attached hydrogen (secondary N) is 1. The van der Waals surface area contributed by atoms with Crippen LogP contribution in [0.3, 0.4) is 0 Å². The van der Waals surface area contributed by atoms with Gasteiger partial charge in [-0.25, -0.2) is 4.39 Å². The van der Waals surface area contributed by atoms with E-state index in [0.29, 0.717) is 24.0 Å². The number of rotatable bonds is 3. The van der Waals surface area contributed by atoms with Crippen LogP contribution in [0.4, 0.5) is 4.39 Å². The summed E-state index contributed by atoms with van der Waals surface area (Å²) in [6.07, 6.45) is 0. The number of carbonyl (C=O) groups excluding carboxylic acids is 1. The minimum atomic E-state index is -0.372. The molecule has 0 radical (unpaired) electrons. The summed E-state index contributed by atoms with van der Waals surface area (Å²) >= 11 is 0. The van der Waals surface area contributed by atoms with E-state index in [9.17, 15) is 9.18 Å². The van der Waals surface area contributed by atoms with E-state index in [2.05, 4.69) is 46.3 Å². The molecule has 6 heteroatoms. The van der Waals surface area contributed by atoms with Crippen LogP contribution >= 0.6 is 0 Å². The fourth-order valence-corrected chi connectivity index (χ4v) is 3.92. The third kappa shape index (κ3) is 3.21. The van der Waals surface area contributed by atoms with Crippen LogP contribution in [0.15, 0.2) is 42.5 Å². The van der Waals surface area contributed by atoms with Gasteiger partial charge in [-0.05, 0) is 44.8 Å². The highest BCUT2D eigenvalue weighted by molar-refractivity contribution is 6.04. The molecule has 2 aromatic carbocycles. The predicted octanol–water partition coefficient (Wildman–Crippen LogP) is 3.18. The van der Waals surface area contributed by atoms with E-state index in [-0.39, 0.29) is 29.4 Å². The summed E-state index contributed by atoms with van der Waals surface area (Å²) in [4.78, 5) is 17.1. The lowest BCUT2D eigenvalue weighted by Gasteiger charge is -2.25. The number of aryl methyl sites for hydroxylation is 1. The van der Waals surface area contributed by atoms with Crippen LogP contribution in [0.2, 0.25) is 0 Å². The van der Waals surface area contributed by atoms with Crippen LogP contribution in [0.1, 0.15) is 27.5 Å². The van der Waals surface area contributed by atoms with Crippen molar-refractivity contribution in [2.45, 2.75) is 18.9 Å². The SMILES string of the molecule is Cc1ccc(C2CN(C(=O)c3n[nH]c4ccc(F)cc34)CC2N(C)C)cc1. The molecule has 140 valence electrons. The summed E-state index contributed by atoms with van der Waals surface area (Å²) in [6, 6.07) is 13.1. The number of amides is 1. The standard InChI is InChI=1S/C21H23FN4O/c1-13-4-6-14(7-5-13)17-11-26(12-19(17)25(2)3)21(27)20-16-10-15(22)8-9-18(16)23-24-20/h4-10,17,19H,11-12H2,1-3H3,(H,23,24). The lowest BCUT2D eigenvalue weighted by Crippen LogP contribution is -2.36. The van der Waals surface area contributed by atoms with Crippen molar-refractivity contribution < 1.29 is 9.18 Å². The Bertz CT molecular complexity index is 980. The summed E-state index contributed by atoms with van der Waals surface area (Å²) in [6.45, 7) is 3.31. The Morgan fingerprint density at radius 3 is 2.63 bits per heavy atom. The molecule has 1 amide bonds. The first-order chi connectivity index (χ1) is 12.9. The number of hydrogen-bond acceptors (Lipinski definition) is 3. The van der Waals surface area contributed by atoms with Gasteiger partial charge >= 0.3 is 0 Å². The van der Waals surface area contributed by atoms with Crippen LogP contribution in [0.25, 0.3) is 10.9 Å². The normalized spacial score (nSPS) is 20.0. The number of aromatic amines is 1. The molecule has 3 aromatic rings. The van der Waals surface area contributed by atoms with E-state index in [1.54, 1.807) is 6.07 Å². The van der Waals surface area contributed by atoms with Gasteiger partial charge in [0, 0.05) is 30.4 Å². The van der Waals surface area contributed by atoms with E-state index in [0.717, 1.165) is 0 Å². The van der Waals surface area contributed by atoms with Crippen LogP contribution in [0.5, 0.6) is 0 Å². The molecule has 1 saturated heterocycles. The Hall–Kier alpha value is -2.73. The van der Waals surface area contributed by atoms with Gasteiger partial charge in [0.05, 0.1) is 5.52 Å². The highest BCUT2D eigenvalue weighted by Crippen LogP contribution is 2.32. The van der Waals surface area contributed by atoms with Crippen molar-refractivity contribution in [3.05, 3.63) is 65.1 Å². The van der Waals surface area contributed by atoms with Crippen molar-refractivity contribution in [3.8, 4) is 0 Å². The Morgan fingerprint density at radius 1 is 1.19 bits per heavy atom. The minimum absolute atomic E-state index is 0.159. The highest BCUT2D eigenvalue weighted by atomic mass is 19.1. The van der Waals surface area contributed by atoms with Gasteiger partial charge in [0.2, 0.25) is 0 Å². The lowest BCUT2D eigenvalue weighted by molar-refractivity contribution is 0.0778. The van der Waals surface area contributed by atoms with Crippen molar-refractivity contribution in [3.63, 3.8) is 0 Å².